The van der Waals surface area contributed by atoms with E-state index < -0.39 is 12.6 Å². The molecule has 0 unspecified atom stereocenters. The summed E-state index contributed by atoms with van der Waals surface area (Å²) in [6.45, 7) is 2.18. The number of amides is 1. The smallest absolute Gasteiger partial charge is 0.359 e. The molecule has 6 nitrogen and oxygen atoms in total. The predicted molar refractivity (Wildman–Crippen MR) is 97.8 cm³/mol. The Hall–Kier alpha value is -2.97. The van der Waals surface area contributed by atoms with Crippen LogP contribution in [-0.4, -0.2) is 38.9 Å². The lowest BCUT2D eigenvalue weighted by atomic mass is 10.1. The van der Waals surface area contributed by atoms with Gasteiger partial charge < -0.3 is 5.32 Å². The first-order chi connectivity index (χ1) is 13.2. The number of carbonyl (C=O) groups is 1. The summed E-state index contributed by atoms with van der Waals surface area (Å²) in [5.74, 6) is -0.137. The largest absolute Gasteiger partial charge is 0.389 e. The number of hydrogen-bond donors (Lipinski definition) is 1. The molecule has 9 heteroatoms. The van der Waals surface area contributed by atoms with Crippen molar-refractivity contribution < 1.29 is 18.0 Å². The highest BCUT2D eigenvalue weighted by Crippen LogP contribution is 2.23. The highest BCUT2D eigenvalue weighted by atomic mass is 19.4. The summed E-state index contributed by atoms with van der Waals surface area (Å²) in [5, 5.41) is 7.85. The molecule has 0 aliphatic rings. The van der Waals surface area contributed by atoms with Crippen LogP contribution in [0.15, 0.2) is 30.7 Å². The quantitative estimate of drug-likeness (QED) is 0.701. The standard InChI is InChI=1S/C19H20F3N5O/c1-12-7-13(9-25-15(12)3-5-19(20,21)22)10-27-11-14-16(26-27)4-6-24-17(14)8-18(28)23-2/h4,6-7,9,11H,3,5,8,10H2,1-2H3,(H,23,28). The lowest BCUT2D eigenvalue weighted by Crippen LogP contribution is -2.20. The maximum atomic E-state index is 12.4. The second kappa shape index (κ2) is 7.95. The Morgan fingerprint density at radius 2 is 2.04 bits per heavy atom. The molecule has 0 spiro atoms. The number of carbonyl (C=O) groups excluding carboxylic acids is 1. The molecule has 0 saturated heterocycles. The molecule has 0 atom stereocenters. The van der Waals surface area contributed by atoms with Gasteiger partial charge in [-0.2, -0.15) is 18.3 Å². The van der Waals surface area contributed by atoms with E-state index in [1.54, 1.807) is 37.1 Å². The van der Waals surface area contributed by atoms with Gasteiger partial charge in [0, 0.05) is 43.1 Å². The van der Waals surface area contributed by atoms with Gasteiger partial charge in [0.2, 0.25) is 5.91 Å². The van der Waals surface area contributed by atoms with E-state index in [0.29, 0.717) is 17.9 Å². The fourth-order valence-electron chi connectivity index (χ4n) is 2.97. The van der Waals surface area contributed by atoms with Gasteiger partial charge in [0.25, 0.3) is 0 Å². The summed E-state index contributed by atoms with van der Waals surface area (Å²) in [5.41, 5.74) is 3.37. The SMILES string of the molecule is CNC(=O)Cc1nccc2nn(Cc3cnc(CCC(F)(F)F)c(C)c3)cc12. The first kappa shape index (κ1) is 19.8. The van der Waals surface area contributed by atoms with Crippen molar-refractivity contribution in [2.75, 3.05) is 7.05 Å². The fraction of sp³-hybridized carbons (Fsp3) is 0.368. The Labute approximate surface area is 159 Å². The summed E-state index contributed by atoms with van der Waals surface area (Å²) in [6.07, 6.45) is -0.0422. The first-order valence-electron chi connectivity index (χ1n) is 8.78. The van der Waals surface area contributed by atoms with E-state index in [0.717, 1.165) is 22.0 Å². The summed E-state index contributed by atoms with van der Waals surface area (Å²) in [6, 6.07) is 3.59. The van der Waals surface area contributed by atoms with Gasteiger partial charge in [0.1, 0.15) is 0 Å². The summed E-state index contributed by atoms with van der Waals surface area (Å²) in [4.78, 5) is 20.1. The van der Waals surface area contributed by atoms with Gasteiger partial charge in [0.15, 0.2) is 0 Å². The molecule has 0 aliphatic carbocycles. The van der Waals surface area contributed by atoms with E-state index in [1.807, 2.05) is 12.3 Å². The fourth-order valence-corrected chi connectivity index (χ4v) is 2.97. The summed E-state index contributed by atoms with van der Waals surface area (Å²) in [7, 11) is 1.57. The molecule has 0 radical (unpaired) electrons. The van der Waals surface area contributed by atoms with Gasteiger partial charge in [-0.3, -0.25) is 19.4 Å². The molecule has 0 bridgehead atoms. The van der Waals surface area contributed by atoms with Crippen molar-refractivity contribution in [1.82, 2.24) is 25.1 Å². The van der Waals surface area contributed by atoms with Crippen LogP contribution in [0.3, 0.4) is 0 Å². The second-order valence-corrected chi connectivity index (χ2v) is 6.59. The molecule has 3 aromatic heterocycles. The van der Waals surface area contributed by atoms with E-state index in [-0.39, 0.29) is 18.7 Å². The van der Waals surface area contributed by atoms with Crippen LogP contribution in [0, 0.1) is 6.92 Å². The Morgan fingerprint density at radius 1 is 1.25 bits per heavy atom. The lowest BCUT2D eigenvalue weighted by molar-refractivity contribution is -0.134. The molecule has 1 N–H and O–H groups in total. The number of nitrogens with zero attached hydrogens (tertiary/aromatic N) is 4. The maximum Gasteiger partial charge on any atom is 0.389 e. The number of aromatic nitrogens is 4. The van der Waals surface area contributed by atoms with Gasteiger partial charge in [-0.1, -0.05) is 6.07 Å². The molecular formula is C19H20F3N5O. The van der Waals surface area contributed by atoms with Gasteiger partial charge in [-0.05, 0) is 30.5 Å². The Bertz CT molecular complexity index is 997. The topological polar surface area (TPSA) is 72.7 Å². The minimum Gasteiger partial charge on any atom is -0.359 e. The predicted octanol–water partition coefficient (Wildman–Crippen LogP) is 2.97. The molecule has 3 heterocycles. The van der Waals surface area contributed by atoms with Gasteiger partial charge in [-0.25, -0.2) is 0 Å². The van der Waals surface area contributed by atoms with Crippen molar-refractivity contribution in [3.8, 4) is 0 Å². The molecule has 1 amide bonds. The second-order valence-electron chi connectivity index (χ2n) is 6.59. The molecule has 3 rings (SSSR count). The van der Waals surface area contributed by atoms with Crippen LogP contribution in [0.5, 0.6) is 0 Å². The van der Waals surface area contributed by atoms with Crippen molar-refractivity contribution >= 4 is 16.8 Å². The van der Waals surface area contributed by atoms with Gasteiger partial charge >= 0.3 is 6.18 Å². The van der Waals surface area contributed by atoms with Gasteiger partial charge in [-0.15, -0.1) is 0 Å². The third kappa shape index (κ3) is 4.85. The molecule has 0 saturated carbocycles. The highest BCUT2D eigenvalue weighted by Gasteiger charge is 2.27. The highest BCUT2D eigenvalue weighted by molar-refractivity contribution is 5.86. The number of halogens is 3. The van der Waals surface area contributed by atoms with Crippen molar-refractivity contribution in [2.24, 2.45) is 0 Å². The van der Waals surface area contributed by atoms with Crippen molar-refractivity contribution in [3.63, 3.8) is 0 Å². The Kier molecular flexibility index (Phi) is 5.62. The summed E-state index contributed by atoms with van der Waals surface area (Å²) < 4.78 is 38.9. The summed E-state index contributed by atoms with van der Waals surface area (Å²) >= 11 is 0. The van der Waals surface area contributed by atoms with E-state index >= 15 is 0 Å². The Morgan fingerprint density at radius 3 is 2.71 bits per heavy atom. The Balaban J connectivity index is 1.78. The zero-order valence-corrected chi connectivity index (χ0v) is 15.5. The van der Waals surface area contributed by atoms with E-state index in [9.17, 15) is 18.0 Å². The van der Waals surface area contributed by atoms with Crippen LogP contribution in [0.4, 0.5) is 13.2 Å². The lowest BCUT2D eigenvalue weighted by Gasteiger charge is -2.09. The van der Waals surface area contributed by atoms with Crippen LogP contribution < -0.4 is 5.32 Å². The average Bonchev–Trinajstić information content (AvgIpc) is 3.03. The molecule has 0 aliphatic heterocycles. The molecule has 0 aromatic carbocycles. The van der Waals surface area contributed by atoms with Crippen molar-refractivity contribution in [2.45, 2.75) is 38.9 Å². The average molecular weight is 391 g/mol. The van der Waals surface area contributed by atoms with Crippen LogP contribution in [0.25, 0.3) is 10.9 Å². The number of likely N-dealkylation sites (N-methyl/N-ethyl adjacent to an activating group) is 1. The van der Waals surface area contributed by atoms with E-state index in [2.05, 4.69) is 20.4 Å². The van der Waals surface area contributed by atoms with Gasteiger partial charge in [0.05, 0.1) is 24.2 Å². The number of rotatable bonds is 6. The zero-order valence-electron chi connectivity index (χ0n) is 15.5. The number of nitrogens with one attached hydrogen (secondary N) is 1. The zero-order chi connectivity index (χ0) is 20.3. The number of alkyl halides is 3. The normalized spacial score (nSPS) is 11.8. The number of fused-ring (bicyclic) bond motifs is 1. The maximum absolute atomic E-state index is 12.4. The first-order valence-corrected chi connectivity index (χ1v) is 8.78. The minimum absolute atomic E-state index is 0.129. The van der Waals surface area contributed by atoms with Crippen LogP contribution in [-0.2, 0) is 24.2 Å². The van der Waals surface area contributed by atoms with Crippen LogP contribution in [0.2, 0.25) is 0 Å². The number of hydrogen-bond acceptors (Lipinski definition) is 4. The third-order valence-electron chi connectivity index (χ3n) is 4.40. The molecule has 3 aromatic rings. The van der Waals surface area contributed by atoms with Crippen LogP contribution in [0.1, 0.15) is 28.9 Å². The molecule has 148 valence electrons. The van der Waals surface area contributed by atoms with Crippen molar-refractivity contribution in [3.05, 3.63) is 53.2 Å². The molecule has 0 fully saturated rings. The number of aryl methyl sites for hydroxylation is 2. The molecular weight excluding hydrogens is 371 g/mol. The minimum atomic E-state index is -4.19. The third-order valence-corrected chi connectivity index (χ3v) is 4.40. The molecule has 28 heavy (non-hydrogen) atoms. The van der Waals surface area contributed by atoms with E-state index in [1.165, 1.54) is 0 Å². The van der Waals surface area contributed by atoms with Crippen LogP contribution >= 0.6 is 0 Å². The monoisotopic (exact) mass is 391 g/mol. The van der Waals surface area contributed by atoms with E-state index in [4.69, 9.17) is 0 Å². The number of pyridine rings is 2. The van der Waals surface area contributed by atoms with Crippen molar-refractivity contribution in [1.29, 1.82) is 0 Å².